The topological polar surface area (TPSA) is 60.7 Å². The van der Waals surface area contributed by atoms with Gasteiger partial charge in [0.05, 0.1) is 17.8 Å². The fourth-order valence-corrected chi connectivity index (χ4v) is 7.71. The third-order valence-corrected chi connectivity index (χ3v) is 9.96. The Hall–Kier alpha value is -1.16. The van der Waals surface area contributed by atoms with Crippen molar-refractivity contribution < 1.29 is 15.3 Å². The summed E-state index contributed by atoms with van der Waals surface area (Å²) in [4.78, 5) is 0. The number of fused-ring (bicyclic) bond motifs is 1. The van der Waals surface area contributed by atoms with Crippen LogP contribution in [0.15, 0.2) is 47.6 Å². The highest BCUT2D eigenvalue weighted by Crippen LogP contribution is 2.59. The van der Waals surface area contributed by atoms with E-state index >= 15 is 0 Å². The molecule has 4 fully saturated rings. The summed E-state index contributed by atoms with van der Waals surface area (Å²) in [6.07, 6.45) is 19.4. The normalized spacial score (nSPS) is 41.1. The van der Waals surface area contributed by atoms with Crippen LogP contribution in [0.1, 0.15) is 91.4 Å². The monoisotopic (exact) mass is 454 g/mol. The van der Waals surface area contributed by atoms with E-state index in [-0.39, 0.29) is 5.92 Å². The Labute approximate surface area is 201 Å². The molecule has 4 aliphatic carbocycles. The molecule has 0 bridgehead atoms. The lowest BCUT2D eigenvalue weighted by molar-refractivity contribution is 0.0124. The van der Waals surface area contributed by atoms with Crippen molar-refractivity contribution in [2.75, 3.05) is 0 Å². The highest BCUT2D eigenvalue weighted by Gasteiger charge is 2.50. The van der Waals surface area contributed by atoms with Crippen LogP contribution < -0.4 is 0 Å². The highest BCUT2D eigenvalue weighted by atomic mass is 16.3. The molecule has 3 N–H and O–H groups in total. The highest BCUT2D eigenvalue weighted by molar-refractivity contribution is 5.38. The Morgan fingerprint density at radius 2 is 1.73 bits per heavy atom. The number of rotatable bonds is 5. The second kappa shape index (κ2) is 9.84. The van der Waals surface area contributed by atoms with Crippen LogP contribution in [0.3, 0.4) is 0 Å². The molecule has 7 atom stereocenters. The summed E-state index contributed by atoms with van der Waals surface area (Å²) in [7, 11) is 0. The van der Waals surface area contributed by atoms with E-state index < -0.39 is 17.8 Å². The summed E-state index contributed by atoms with van der Waals surface area (Å²) in [5.41, 5.74) is 3.16. The number of hydrogen-bond donors (Lipinski definition) is 3. The minimum absolute atomic E-state index is 0.232. The number of aliphatic hydroxyl groups is 3. The SMILES string of the molecule is C=C1/C(=C\C=C2/CCC[C@@]3(C)C2CC[C@@H]3[C@H](C)/C=C/[C@@H](C)C2(O)CCCC2)C[C@@H](O)C[C@@H]1O. The predicted octanol–water partition coefficient (Wildman–Crippen LogP) is 6.26. The molecule has 4 rings (SSSR count). The number of hydrogen-bond acceptors (Lipinski definition) is 3. The number of allylic oxidation sites excluding steroid dienone is 4. The van der Waals surface area contributed by atoms with Gasteiger partial charge in [-0.05, 0) is 85.7 Å². The van der Waals surface area contributed by atoms with Crippen LogP contribution >= 0.6 is 0 Å². The molecular formula is C30H46O3. The summed E-state index contributed by atoms with van der Waals surface area (Å²) in [6, 6.07) is 0. The van der Waals surface area contributed by atoms with E-state index in [4.69, 9.17) is 0 Å². The first-order valence-electron chi connectivity index (χ1n) is 13.5. The number of aliphatic hydroxyl groups excluding tert-OH is 2. The lowest BCUT2D eigenvalue weighted by Crippen LogP contribution is -2.36. The van der Waals surface area contributed by atoms with E-state index in [0.29, 0.717) is 36.0 Å². The van der Waals surface area contributed by atoms with Gasteiger partial charge in [-0.15, -0.1) is 0 Å². The van der Waals surface area contributed by atoms with Crippen molar-refractivity contribution >= 4 is 0 Å². The Balaban J connectivity index is 1.47. The van der Waals surface area contributed by atoms with Crippen LogP contribution in [0.25, 0.3) is 0 Å². The maximum absolute atomic E-state index is 10.9. The van der Waals surface area contributed by atoms with Crippen LogP contribution in [-0.2, 0) is 0 Å². The fraction of sp³-hybridized carbons (Fsp3) is 0.733. The molecule has 0 aromatic carbocycles. The van der Waals surface area contributed by atoms with Gasteiger partial charge in [0, 0.05) is 12.3 Å². The third kappa shape index (κ3) is 4.97. The van der Waals surface area contributed by atoms with Crippen LogP contribution in [0.5, 0.6) is 0 Å². The van der Waals surface area contributed by atoms with Gasteiger partial charge in [0.25, 0.3) is 0 Å². The second-order valence-corrected chi connectivity index (χ2v) is 12.0. The lowest BCUT2D eigenvalue weighted by atomic mass is 9.61. The van der Waals surface area contributed by atoms with Gasteiger partial charge >= 0.3 is 0 Å². The van der Waals surface area contributed by atoms with Crippen molar-refractivity contribution in [1.82, 2.24) is 0 Å². The molecule has 4 aliphatic rings. The molecule has 1 unspecified atom stereocenters. The van der Waals surface area contributed by atoms with Gasteiger partial charge in [0.15, 0.2) is 0 Å². The minimum Gasteiger partial charge on any atom is -0.393 e. The first kappa shape index (κ1) is 24.9. The zero-order valence-electron chi connectivity index (χ0n) is 21.1. The zero-order chi connectivity index (χ0) is 23.8. The maximum atomic E-state index is 10.9. The average molecular weight is 455 g/mol. The van der Waals surface area contributed by atoms with E-state index in [1.165, 1.54) is 25.7 Å². The van der Waals surface area contributed by atoms with Crippen molar-refractivity contribution in [3.8, 4) is 0 Å². The van der Waals surface area contributed by atoms with Crippen molar-refractivity contribution in [3.05, 3.63) is 47.6 Å². The van der Waals surface area contributed by atoms with E-state index in [1.807, 2.05) is 0 Å². The fourth-order valence-electron chi connectivity index (χ4n) is 7.71. The van der Waals surface area contributed by atoms with Crippen molar-refractivity contribution in [3.63, 3.8) is 0 Å². The third-order valence-electron chi connectivity index (χ3n) is 9.96. The summed E-state index contributed by atoms with van der Waals surface area (Å²) >= 11 is 0. The van der Waals surface area contributed by atoms with Crippen LogP contribution in [0.4, 0.5) is 0 Å². The van der Waals surface area contributed by atoms with Crippen molar-refractivity contribution in [2.45, 2.75) is 109 Å². The molecule has 4 saturated carbocycles. The standard InChI is InChI=1S/C30H46O3/c1-20(9-10-21(2)30(33)16-5-6-17-30)26-13-14-27-23(8-7-15-29(26,27)4)11-12-24-18-25(31)19-28(32)22(24)3/h9-12,20-21,25-28,31-33H,3,5-8,13-19H2,1-2,4H3/b10-9+,23-11+,24-12-/t20-,21-,25-,26-,27?,28+,29-/m1/s1. The smallest absolute Gasteiger partial charge is 0.0811 e. The molecule has 0 heterocycles. The minimum atomic E-state index is -0.622. The summed E-state index contributed by atoms with van der Waals surface area (Å²) in [6.45, 7) is 11.2. The molecular weight excluding hydrogens is 408 g/mol. The molecule has 0 aromatic heterocycles. The van der Waals surface area contributed by atoms with Gasteiger partial charge in [-0.3, -0.25) is 0 Å². The average Bonchev–Trinajstić information content (AvgIpc) is 3.37. The Morgan fingerprint density at radius 1 is 1.00 bits per heavy atom. The molecule has 184 valence electrons. The lowest BCUT2D eigenvalue weighted by Gasteiger charge is -2.44. The predicted molar refractivity (Wildman–Crippen MR) is 136 cm³/mol. The quantitative estimate of drug-likeness (QED) is 0.430. The van der Waals surface area contributed by atoms with E-state index in [0.717, 1.165) is 43.3 Å². The molecule has 0 amide bonds. The van der Waals surface area contributed by atoms with E-state index in [9.17, 15) is 15.3 Å². The van der Waals surface area contributed by atoms with Crippen molar-refractivity contribution in [1.29, 1.82) is 0 Å². The first-order valence-corrected chi connectivity index (χ1v) is 13.5. The molecule has 33 heavy (non-hydrogen) atoms. The summed E-state index contributed by atoms with van der Waals surface area (Å²) < 4.78 is 0. The maximum Gasteiger partial charge on any atom is 0.0811 e. The second-order valence-electron chi connectivity index (χ2n) is 12.0. The largest absolute Gasteiger partial charge is 0.393 e. The van der Waals surface area contributed by atoms with E-state index in [1.54, 1.807) is 5.57 Å². The van der Waals surface area contributed by atoms with Gasteiger partial charge in [0.2, 0.25) is 0 Å². The molecule has 0 aliphatic heterocycles. The molecule has 3 nitrogen and oxygen atoms in total. The Bertz CT molecular complexity index is 814. The molecule has 3 heteroatoms. The molecule has 0 aromatic rings. The molecule has 0 radical (unpaired) electrons. The van der Waals surface area contributed by atoms with Gasteiger partial charge in [-0.25, -0.2) is 0 Å². The molecule has 0 saturated heterocycles. The summed E-state index contributed by atoms with van der Waals surface area (Å²) in [5, 5.41) is 31.2. The van der Waals surface area contributed by atoms with Crippen LogP contribution in [-0.4, -0.2) is 33.1 Å². The van der Waals surface area contributed by atoms with E-state index in [2.05, 4.69) is 51.7 Å². The first-order chi connectivity index (χ1) is 15.6. The summed E-state index contributed by atoms with van der Waals surface area (Å²) in [5.74, 6) is 2.05. The van der Waals surface area contributed by atoms with Gasteiger partial charge in [-0.2, -0.15) is 0 Å². The zero-order valence-corrected chi connectivity index (χ0v) is 21.1. The van der Waals surface area contributed by atoms with Crippen molar-refractivity contribution in [2.24, 2.45) is 29.1 Å². The molecule has 0 spiro atoms. The van der Waals surface area contributed by atoms with Crippen LogP contribution in [0.2, 0.25) is 0 Å². The van der Waals surface area contributed by atoms with Gasteiger partial charge < -0.3 is 15.3 Å². The Morgan fingerprint density at radius 3 is 2.45 bits per heavy atom. The van der Waals surface area contributed by atoms with Crippen LogP contribution in [0, 0.1) is 29.1 Å². The Kier molecular flexibility index (Phi) is 7.44. The van der Waals surface area contributed by atoms with Gasteiger partial charge in [-0.1, -0.05) is 70.1 Å². The van der Waals surface area contributed by atoms with Gasteiger partial charge in [0.1, 0.15) is 0 Å².